The van der Waals surface area contributed by atoms with Crippen LogP contribution in [-0.2, 0) is 0 Å². The van der Waals surface area contributed by atoms with Gasteiger partial charge in [-0.1, -0.05) is 127 Å². The molecule has 16 nitrogen and oxygen atoms in total. The maximum Gasteiger partial charge on any atom is 0.266 e. The van der Waals surface area contributed by atoms with Gasteiger partial charge in [-0.05, 0) is 82.3 Å². The molecule has 1 aliphatic heterocycles. The molecule has 0 atom stereocenters. The number of rotatable bonds is 8. The van der Waals surface area contributed by atoms with Gasteiger partial charge in [0.2, 0.25) is 31.4 Å². The van der Waals surface area contributed by atoms with Crippen LogP contribution in [0.3, 0.4) is 0 Å². The Balaban J connectivity index is 0.919. The third kappa shape index (κ3) is 6.45. The van der Waals surface area contributed by atoms with E-state index in [1.165, 1.54) is 0 Å². The molecule has 0 N–H and O–H groups in total. The van der Waals surface area contributed by atoms with E-state index in [1.54, 1.807) is 0 Å². The molecular formula is C59H32N12O4Si. The van der Waals surface area contributed by atoms with E-state index in [-0.39, 0.29) is 46.9 Å². The van der Waals surface area contributed by atoms with Crippen LogP contribution < -0.4 is 21.0 Å². The molecule has 0 saturated carbocycles. The lowest BCUT2D eigenvalue weighted by molar-refractivity contribution is 0.604. The number of aromatic nitrogens is 12. The van der Waals surface area contributed by atoms with Crippen molar-refractivity contribution in [1.29, 1.82) is 0 Å². The van der Waals surface area contributed by atoms with Crippen LogP contribution in [0.1, 0.15) is 0 Å². The molecular weight excluding hydrogens is 969 g/mol. The fourth-order valence-electron chi connectivity index (χ4n) is 10.4. The molecule has 8 heterocycles. The zero-order valence-corrected chi connectivity index (χ0v) is 40.5. The van der Waals surface area contributed by atoms with E-state index >= 15 is 0 Å². The Hall–Kier alpha value is -10.7. The van der Waals surface area contributed by atoms with E-state index in [9.17, 15) is 0 Å². The number of fused-ring (bicyclic) bond motifs is 9. The van der Waals surface area contributed by atoms with Crippen molar-refractivity contribution in [3.63, 3.8) is 0 Å². The van der Waals surface area contributed by atoms with Crippen LogP contribution in [0, 0.1) is 0 Å². The largest absolute Gasteiger partial charge is 0.434 e. The second kappa shape index (κ2) is 16.2. The monoisotopic (exact) mass is 1000 g/mol. The first-order valence-electron chi connectivity index (χ1n) is 24.3. The molecule has 0 bridgehead atoms. The first-order valence-corrected chi connectivity index (χ1v) is 26.3. The zero-order chi connectivity index (χ0) is 49.9. The highest BCUT2D eigenvalue weighted by Crippen LogP contribution is 2.33. The maximum atomic E-state index is 6.27. The van der Waals surface area contributed by atoms with Gasteiger partial charge in [0.05, 0.1) is 11.0 Å². The predicted molar refractivity (Wildman–Crippen MR) is 288 cm³/mol. The van der Waals surface area contributed by atoms with Crippen LogP contribution in [0.2, 0.25) is 0 Å². The second-order valence-corrected chi connectivity index (χ2v) is 21.9. The highest BCUT2D eigenvalue weighted by Gasteiger charge is 2.52. The van der Waals surface area contributed by atoms with Crippen LogP contribution >= 0.6 is 0 Å². The van der Waals surface area contributed by atoms with Gasteiger partial charge >= 0.3 is 0 Å². The summed E-state index contributed by atoms with van der Waals surface area (Å²) in [6.45, 7) is 0. The van der Waals surface area contributed by atoms with Crippen molar-refractivity contribution in [2.45, 2.75) is 0 Å². The van der Waals surface area contributed by atoms with Crippen LogP contribution in [0.25, 0.3) is 131 Å². The van der Waals surface area contributed by atoms with E-state index in [0.717, 1.165) is 37.7 Å². The lowest BCUT2D eigenvalue weighted by Gasteiger charge is -2.29. The summed E-state index contributed by atoms with van der Waals surface area (Å²) < 4.78 is 27.4. The normalized spacial score (nSPS) is 12.8. The number of para-hydroxylation sites is 11. The van der Waals surface area contributed by atoms with Gasteiger partial charge in [-0.15, -0.1) is 0 Å². The first-order chi connectivity index (χ1) is 37.6. The Bertz CT molecular complexity index is 4290. The van der Waals surface area contributed by atoms with Crippen molar-refractivity contribution in [3.8, 4) is 75.3 Å². The van der Waals surface area contributed by atoms with E-state index in [4.69, 9.17) is 72.5 Å². The Labute approximate surface area is 429 Å². The van der Waals surface area contributed by atoms with Crippen molar-refractivity contribution in [3.05, 3.63) is 194 Å². The molecule has 76 heavy (non-hydrogen) atoms. The van der Waals surface area contributed by atoms with Crippen LogP contribution in [0.4, 0.5) is 0 Å². The Kier molecular flexibility index (Phi) is 8.92. The number of hydrogen-bond donors (Lipinski definition) is 0. The highest BCUT2D eigenvalue weighted by molar-refractivity contribution is 7.20. The van der Waals surface area contributed by atoms with Gasteiger partial charge in [-0.2, -0.15) is 9.97 Å². The number of imidazole rings is 1. The summed E-state index contributed by atoms with van der Waals surface area (Å²) in [5.74, 6) is 2.57. The SMILES string of the molecule is c1cc(-c2nc(-c3nc4ccccc4o3)nc(-c3nc4ccccc4o3)n2)cc([Si]2(c3cccc(-c4nc(-c5nc6ccccc6o5)nc(-c5nc6ccccc6o5)n4)c3)c3ccccc3-n3c2nc2ccccc23)c1. The lowest BCUT2D eigenvalue weighted by Crippen LogP contribution is -2.73. The minimum atomic E-state index is -3.45. The smallest absolute Gasteiger partial charge is 0.266 e. The van der Waals surface area contributed by atoms with Gasteiger partial charge in [-0.25, -0.2) is 44.9 Å². The summed E-state index contributed by atoms with van der Waals surface area (Å²) in [7, 11) is -3.45. The third-order valence-electron chi connectivity index (χ3n) is 13.8. The van der Waals surface area contributed by atoms with E-state index in [0.29, 0.717) is 67.2 Å². The molecule has 0 fully saturated rings. The molecule has 0 aliphatic carbocycles. The zero-order valence-electron chi connectivity index (χ0n) is 39.5. The van der Waals surface area contributed by atoms with Gasteiger partial charge in [0.15, 0.2) is 34.0 Å². The van der Waals surface area contributed by atoms with E-state index in [1.807, 2.05) is 127 Å². The Morgan fingerprint density at radius 2 is 0.671 bits per heavy atom. The highest BCUT2D eigenvalue weighted by atomic mass is 28.3. The predicted octanol–water partition coefficient (Wildman–Crippen LogP) is 9.65. The molecule has 0 radical (unpaired) electrons. The average Bonchev–Trinajstić information content (AvgIpc) is 4.45. The summed E-state index contributed by atoms with van der Waals surface area (Å²) >= 11 is 0. The van der Waals surface area contributed by atoms with Gasteiger partial charge in [-0.3, -0.25) is 4.57 Å². The second-order valence-electron chi connectivity index (χ2n) is 18.2. The molecule has 0 amide bonds. The quantitative estimate of drug-likeness (QED) is 0.130. The maximum absolute atomic E-state index is 6.27. The minimum Gasteiger partial charge on any atom is -0.434 e. The van der Waals surface area contributed by atoms with E-state index in [2.05, 4.69) is 71.3 Å². The Morgan fingerprint density at radius 3 is 1.11 bits per heavy atom. The summed E-state index contributed by atoms with van der Waals surface area (Å²) in [6, 6.07) is 63.8. The fraction of sp³-hybridized carbons (Fsp3) is 0. The Morgan fingerprint density at radius 1 is 0.303 bits per heavy atom. The third-order valence-corrected chi connectivity index (χ3v) is 18.4. The number of benzene rings is 8. The minimum absolute atomic E-state index is 0.225. The topological polar surface area (TPSA) is 199 Å². The van der Waals surface area contributed by atoms with Gasteiger partial charge < -0.3 is 17.7 Å². The van der Waals surface area contributed by atoms with Crippen molar-refractivity contribution in [2.24, 2.45) is 0 Å². The average molecular weight is 1000 g/mol. The lowest BCUT2D eigenvalue weighted by atomic mass is 10.2. The summed E-state index contributed by atoms with van der Waals surface area (Å²) in [5, 5.41) is 3.18. The molecule has 0 spiro atoms. The summed E-state index contributed by atoms with van der Waals surface area (Å²) in [6.07, 6.45) is 0. The fourth-order valence-corrected chi connectivity index (χ4v) is 15.3. The standard InChI is InChI=1S/C59H32N12O4Si/c1-6-24-42-37(19-1)64-59-71(42)43-25-7-12-30-48(43)76(59,35-17-13-15-33(31-35)49-65-51(55-60-38-20-2-8-26-44(38)72-55)69-52(66-49)56-61-39-21-3-9-27-45(39)73-56)36-18-14-16-34(32-36)50-67-53(57-62-40-22-4-10-28-46(40)74-57)70-54(68-50)58-63-41-23-5-11-29-47(41)75-58/h1-32H. The van der Waals surface area contributed by atoms with Crippen molar-refractivity contribution >= 4 is 84.5 Å². The molecule has 17 heteroatoms. The number of hydrogen-bond acceptors (Lipinski definition) is 15. The van der Waals surface area contributed by atoms with Gasteiger partial charge in [0.1, 0.15) is 27.5 Å². The molecule has 0 unspecified atom stereocenters. The van der Waals surface area contributed by atoms with Crippen molar-refractivity contribution in [2.75, 3.05) is 0 Å². The van der Waals surface area contributed by atoms with E-state index < -0.39 is 8.07 Å². The number of nitrogens with zero attached hydrogens (tertiary/aromatic N) is 12. The molecule has 16 rings (SSSR count). The van der Waals surface area contributed by atoms with Crippen molar-refractivity contribution in [1.82, 2.24) is 59.4 Å². The summed E-state index contributed by atoms with van der Waals surface area (Å²) in [4.78, 5) is 54.8. The molecule has 0 saturated heterocycles. The molecule has 7 aromatic heterocycles. The first kappa shape index (κ1) is 41.9. The van der Waals surface area contributed by atoms with Crippen LogP contribution in [0.15, 0.2) is 212 Å². The van der Waals surface area contributed by atoms with Crippen molar-refractivity contribution < 1.29 is 17.7 Å². The van der Waals surface area contributed by atoms with Gasteiger partial charge in [0, 0.05) is 16.8 Å². The molecule has 15 aromatic rings. The molecule has 1 aliphatic rings. The summed E-state index contributed by atoms with van der Waals surface area (Å²) in [5.41, 5.74) is 10.4. The number of oxazole rings is 4. The van der Waals surface area contributed by atoms with Gasteiger partial charge in [0.25, 0.3) is 23.6 Å². The van der Waals surface area contributed by atoms with Crippen LogP contribution in [-0.4, -0.2) is 67.5 Å². The van der Waals surface area contributed by atoms with Crippen LogP contribution in [0.5, 0.6) is 0 Å². The molecule has 356 valence electrons. The molecule has 8 aromatic carbocycles.